The minimum Gasteiger partial charge on any atom is -0.386 e. The highest BCUT2D eigenvalue weighted by Gasteiger charge is 2.36. The van der Waals surface area contributed by atoms with Crippen LogP contribution in [0.1, 0.15) is 38.8 Å². The fourth-order valence-corrected chi connectivity index (χ4v) is 2.95. The van der Waals surface area contributed by atoms with Gasteiger partial charge in [-0.3, -0.25) is 9.79 Å². The molecule has 1 N–H and O–H groups in total. The van der Waals surface area contributed by atoms with Gasteiger partial charge >= 0.3 is 0 Å². The first-order valence-electron chi connectivity index (χ1n) is 7.91. The summed E-state index contributed by atoms with van der Waals surface area (Å²) >= 11 is 0. The Morgan fingerprint density at radius 1 is 1.22 bits per heavy atom. The molecule has 3 rings (SSSR count). The van der Waals surface area contributed by atoms with Crippen molar-refractivity contribution in [1.29, 1.82) is 0 Å². The Balaban J connectivity index is 2.03. The number of nitrogens with zero attached hydrogens (tertiary/aromatic N) is 2. The van der Waals surface area contributed by atoms with Gasteiger partial charge in [0.1, 0.15) is 5.71 Å². The minimum atomic E-state index is -0.862. The lowest BCUT2D eigenvalue weighted by Crippen LogP contribution is -2.43. The van der Waals surface area contributed by atoms with Crippen molar-refractivity contribution in [2.75, 3.05) is 0 Å². The molecule has 2 aliphatic heterocycles. The standard InChI is InChI=1S/C19H22N2O2/c1-12(2)21-11-16(15-9-10-20-17(15)18(21)22)13-5-7-14(8-6-13)19(3,4)23/h5-12,15,23H,1-4H3. The van der Waals surface area contributed by atoms with Gasteiger partial charge in [0.05, 0.1) is 11.5 Å². The highest BCUT2D eigenvalue weighted by Crippen LogP contribution is 2.35. The Hall–Kier alpha value is -2.20. The molecule has 1 aromatic carbocycles. The Morgan fingerprint density at radius 3 is 2.43 bits per heavy atom. The summed E-state index contributed by atoms with van der Waals surface area (Å²) in [6, 6.07) is 7.94. The smallest absolute Gasteiger partial charge is 0.273 e. The first-order chi connectivity index (χ1) is 10.8. The maximum Gasteiger partial charge on any atom is 0.273 e. The number of aliphatic imine (C=N–C) groups is 1. The molecule has 0 spiro atoms. The molecular weight excluding hydrogens is 288 g/mol. The van der Waals surface area contributed by atoms with Crippen LogP contribution in [0.15, 0.2) is 47.7 Å². The van der Waals surface area contributed by atoms with Gasteiger partial charge in [-0.1, -0.05) is 30.3 Å². The predicted molar refractivity (Wildman–Crippen MR) is 91.7 cm³/mol. The first-order valence-corrected chi connectivity index (χ1v) is 7.91. The molecule has 0 bridgehead atoms. The average Bonchev–Trinajstić information content (AvgIpc) is 2.96. The van der Waals surface area contributed by atoms with E-state index in [1.807, 2.05) is 50.4 Å². The number of aliphatic hydroxyl groups is 1. The molecule has 4 nitrogen and oxygen atoms in total. The number of carbonyl (C=O) groups excluding carboxylic acids is 1. The number of hydrogen-bond donors (Lipinski definition) is 1. The molecule has 1 atom stereocenters. The molecular formula is C19H22N2O2. The van der Waals surface area contributed by atoms with E-state index in [1.54, 1.807) is 24.9 Å². The van der Waals surface area contributed by atoms with E-state index in [0.717, 1.165) is 16.7 Å². The number of benzene rings is 1. The number of hydrogen-bond acceptors (Lipinski definition) is 3. The summed E-state index contributed by atoms with van der Waals surface area (Å²) in [5, 5.41) is 10.1. The molecule has 1 amide bonds. The molecule has 0 saturated carbocycles. The Kier molecular flexibility index (Phi) is 3.72. The fourth-order valence-electron chi connectivity index (χ4n) is 2.95. The predicted octanol–water partition coefficient (Wildman–Crippen LogP) is 3.09. The molecule has 23 heavy (non-hydrogen) atoms. The third kappa shape index (κ3) is 2.75. The Bertz CT molecular complexity index is 719. The molecule has 1 aromatic rings. The van der Waals surface area contributed by atoms with Gasteiger partial charge in [-0.15, -0.1) is 0 Å². The zero-order chi connectivity index (χ0) is 16.8. The van der Waals surface area contributed by atoms with Crippen molar-refractivity contribution in [3.8, 4) is 0 Å². The maximum absolute atomic E-state index is 12.5. The van der Waals surface area contributed by atoms with Crippen LogP contribution in [0.2, 0.25) is 0 Å². The van der Waals surface area contributed by atoms with Gasteiger partial charge in [-0.05, 0) is 44.4 Å². The number of rotatable bonds is 3. The van der Waals surface area contributed by atoms with E-state index in [0.29, 0.717) is 5.71 Å². The average molecular weight is 310 g/mol. The summed E-state index contributed by atoms with van der Waals surface area (Å²) in [5.74, 6) is -0.0997. The van der Waals surface area contributed by atoms with Gasteiger partial charge < -0.3 is 10.0 Å². The quantitative estimate of drug-likeness (QED) is 0.932. The lowest BCUT2D eigenvalue weighted by atomic mass is 9.85. The number of amides is 1. The second kappa shape index (κ2) is 5.46. The molecule has 0 fully saturated rings. The molecule has 0 aliphatic carbocycles. The topological polar surface area (TPSA) is 52.9 Å². The normalized spacial score (nSPS) is 20.7. The van der Waals surface area contributed by atoms with Crippen molar-refractivity contribution < 1.29 is 9.90 Å². The van der Waals surface area contributed by atoms with Gasteiger partial charge in [0.2, 0.25) is 0 Å². The zero-order valence-corrected chi connectivity index (χ0v) is 13.9. The van der Waals surface area contributed by atoms with E-state index < -0.39 is 5.60 Å². The summed E-state index contributed by atoms with van der Waals surface area (Å²) in [5.41, 5.74) is 2.70. The lowest BCUT2D eigenvalue weighted by molar-refractivity contribution is -0.123. The Labute approximate surface area is 136 Å². The highest BCUT2D eigenvalue weighted by molar-refractivity contribution is 6.44. The van der Waals surface area contributed by atoms with Crippen LogP contribution in [0, 0.1) is 5.92 Å². The molecule has 4 heteroatoms. The summed E-state index contributed by atoms with van der Waals surface area (Å²) in [4.78, 5) is 18.5. The number of allylic oxidation sites excluding steroid dienone is 2. The van der Waals surface area contributed by atoms with Gasteiger partial charge in [0, 0.05) is 18.4 Å². The van der Waals surface area contributed by atoms with Crippen molar-refractivity contribution in [2.24, 2.45) is 10.9 Å². The second-order valence-electron chi connectivity index (χ2n) is 6.86. The van der Waals surface area contributed by atoms with Gasteiger partial charge in [0.15, 0.2) is 0 Å². The van der Waals surface area contributed by atoms with E-state index in [9.17, 15) is 9.90 Å². The molecule has 0 aromatic heterocycles. The van der Waals surface area contributed by atoms with Crippen LogP contribution in [0.4, 0.5) is 0 Å². The van der Waals surface area contributed by atoms with Crippen molar-refractivity contribution >= 4 is 17.2 Å². The van der Waals surface area contributed by atoms with Gasteiger partial charge in [-0.2, -0.15) is 0 Å². The SMILES string of the molecule is CC(C)N1C=C(c2ccc(C(C)(C)O)cc2)C2C=CN=C2C1=O. The highest BCUT2D eigenvalue weighted by atomic mass is 16.3. The van der Waals surface area contributed by atoms with E-state index in [4.69, 9.17) is 0 Å². The number of fused-ring (bicyclic) bond motifs is 1. The summed E-state index contributed by atoms with van der Waals surface area (Å²) in [6.45, 7) is 7.52. The van der Waals surface area contributed by atoms with Crippen LogP contribution in [0.25, 0.3) is 5.57 Å². The Morgan fingerprint density at radius 2 is 1.87 bits per heavy atom. The molecule has 1 unspecified atom stereocenters. The van der Waals surface area contributed by atoms with Gasteiger partial charge in [0.25, 0.3) is 5.91 Å². The zero-order valence-electron chi connectivity index (χ0n) is 13.9. The molecule has 0 saturated heterocycles. The van der Waals surface area contributed by atoms with Crippen LogP contribution in [0.3, 0.4) is 0 Å². The molecule has 2 aliphatic rings. The van der Waals surface area contributed by atoms with E-state index >= 15 is 0 Å². The lowest BCUT2D eigenvalue weighted by Gasteiger charge is -2.32. The third-order valence-electron chi connectivity index (χ3n) is 4.33. The molecule has 2 heterocycles. The van der Waals surface area contributed by atoms with Crippen molar-refractivity contribution in [1.82, 2.24) is 4.90 Å². The second-order valence-corrected chi connectivity index (χ2v) is 6.86. The maximum atomic E-state index is 12.5. The molecule has 0 radical (unpaired) electrons. The van der Waals surface area contributed by atoms with Crippen LogP contribution in [0.5, 0.6) is 0 Å². The van der Waals surface area contributed by atoms with Crippen molar-refractivity contribution in [3.63, 3.8) is 0 Å². The number of carbonyl (C=O) groups is 1. The monoisotopic (exact) mass is 310 g/mol. The van der Waals surface area contributed by atoms with E-state index in [1.165, 1.54) is 0 Å². The van der Waals surface area contributed by atoms with Crippen LogP contribution in [-0.4, -0.2) is 27.7 Å². The molecule has 120 valence electrons. The summed E-state index contributed by atoms with van der Waals surface area (Å²) in [7, 11) is 0. The minimum absolute atomic E-state index is 0.0214. The largest absolute Gasteiger partial charge is 0.386 e. The third-order valence-corrected chi connectivity index (χ3v) is 4.33. The fraction of sp³-hybridized carbons (Fsp3) is 0.368. The van der Waals surface area contributed by atoms with Crippen LogP contribution in [-0.2, 0) is 10.4 Å². The summed E-state index contributed by atoms with van der Waals surface area (Å²) in [6.07, 6.45) is 5.60. The van der Waals surface area contributed by atoms with E-state index in [2.05, 4.69) is 4.99 Å². The van der Waals surface area contributed by atoms with Crippen molar-refractivity contribution in [2.45, 2.75) is 39.3 Å². The van der Waals surface area contributed by atoms with Crippen LogP contribution < -0.4 is 0 Å². The van der Waals surface area contributed by atoms with Gasteiger partial charge in [-0.25, -0.2) is 0 Å². The summed E-state index contributed by atoms with van der Waals surface area (Å²) < 4.78 is 0. The van der Waals surface area contributed by atoms with Crippen LogP contribution >= 0.6 is 0 Å². The van der Waals surface area contributed by atoms with E-state index in [-0.39, 0.29) is 17.9 Å². The first kappa shape index (κ1) is 15.7. The van der Waals surface area contributed by atoms with Crippen molar-refractivity contribution in [3.05, 3.63) is 53.9 Å².